The van der Waals surface area contributed by atoms with Crippen LogP contribution in [0.25, 0.3) is 0 Å². The first-order valence-electron chi connectivity index (χ1n) is 6.19. The smallest absolute Gasteiger partial charge is 0.134 e. The highest BCUT2D eigenvalue weighted by atomic mass is 79.9. The molecule has 19 heavy (non-hydrogen) atoms. The molecule has 0 spiro atoms. The molecule has 2 rings (SSSR count). The second-order valence-corrected chi connectivity index (χ2v) is 5.75. The Morgan fingerprint density at radius 3 is 2.68 bits per heavy atom. The van der Waals surface area contributed by atoms with Gasteiger partial charge in [-0.3, -0.25) is 4.68 Å². The predicted molar refractivity (Wildman–Crippen MR) is 79.1 cm³/mol. The molecule has 0 unspecified atom stereocenters. The molecule has 0 atom stereocenters. The summed E-state index contributed by atoms with van der Waals surface area (Å²) in [7, 11) is 3.94. The summed E-state index contributed by atoms with van der Waals surface area (Å²) in [6.07, 6.45) is 3.88. The quantitative estimate of drug-likeness (QED) is 0.812. The molecule has 0 N–H and O–H groups in total. The van der Waals surface area contributed by atoms with E-state index in [0.29, 0.717) is 5.92 Å². The zero-order chi connectivity index (χ0) is 14.0. The molecule has 0 aliphatic carbocycles. The van der Waals surface area contributed by atoms with Crippen LogP contribution in [0.15, 0.2) is 23.1 Å². The third-order valence-electron chi connectivity index (χ3n) is 2.78. The normalized spacial score (nSPS) is 11.1. The van der Waals surface area contributed by atoms with Crippen LogP contribution >= 0.6 is 15.9 Å². The van der Waals surface area contributed by atoms with Gasteiger partial charge in [0.1, 0.15) is 16.2 Å². The van der Waals surface area contributed by atoms with E-state index in [2.05, 4.69) is 49.7 Å². The van der Waals surface area contributed by atoms with Gasteiger partial charge in [0.25, 0.3) is 0 Å². The Morgan fingerprint density at radius 1 is 1.37 bits per heavy atom. The molecule has 0 aromatic carbocycles. The Bertz CT molecular complexity index is 564. The van der Waals surface area contributed by atoms with Gasteiger partial charge >= 0.3 is 0 Å². The standard InChI is InChI=1S/C13H18BrN5/c1-9(2)13-16-11(14)5-12(17-13)18(3)7-10-6-15-19(4)8-10/h5-6,8-9H,7H2,1-4H3. The number of aromatic nitrogens is 4. The number of rotatable bonds is 4. The first-order valence-corrected chi connectivity index (χ1v) is 6.98. The third-order valence-corrected chi connectivity index (χ3v) is 3.19. The second-order valence-electron chi connectivity index (χ2n) is 4.94. The van der Waals surface area contributed by atoms with E-state index in [1.807, 2.05) is 32.6 Å². The zero-order valence-electron chi connectivity index (χ0n) is 11.6. The zero-order valence-corrected chi connectivity index (χ0v) is 13.2. The van der Waals surface area contributed by atoms with E-state index in [0.717, 1.165) is 28.4 Å². The largest absolute Gasteiger partial charge is 0.355 e. The van der Waals surface area contributed by atoms with Crippen molar-refractivity contribution in [3.05, 3.63) is 34.5 Å². The minimum atomic E-state index is 0.308. The first kappa shape index (κ1) is 14.0. The number of aryl methyl sites for hydroxylation is 1. The summed E-state index contributed by atoms with van der Waals surface area (Å²) in [5, 5.41) is 4.17. The summed E-state index contributed by atoms with van der Waals surface area (Å²) in [5.74, 6) is 2.07. The molecule has 0 aliphatic rings. The summed E-state index contributed by atoms with van der Waals surface area (Å²) < 4.78 is 2.62. The molecular weight excluding hydrogens is 306 g/mol. The van der Waals surface area contributed by atoms with Gasteiger partial charge in [-0.25, -0.2) is 9.97 Å². The maximum Gasteiger partial charge on any atom is 0.134 e. The molecule has 0 fully saturated rings. The molecule has 0 amide bonds. The summed E-state index contributed by atoms with van der Waals surface area (Å²) in [6.45, 7) is 4.95. The van der Waals surface area contributed by atoms with Gasteiger partial charge < -0.3 is 4.90 Å². The van der Waals surface area contributed by atoms with Crippen molar-refractivity contribution in [2.45, 2.75) is 26.3 Å². The summed E-state index contributed by atoms with van der Waals surface area (Å²) in [4.78, 5) is 11.1. The van der Waals surface area contributed by atoms with Gasteiger partial charge in [-0.05, 0) is 15.9 Å². The lowest BCUT2D eigenvalue weighted by Gasteiger charge is -2.18. The van der Waals surface area contributed by atoms with Crippen LogP contribution in [-0.2, 0) is 13.6 Å². The maximum absolute atomic E-state index is 4.59. The number of halogens is 1. The number of hydrogen-bond acceptors (Lipinski definition) is 4. The van der Waals surface area contributed by atoms with Crippen LogP contribution in [0.4, 0.5) is 5.82 Å². The average molecular weight is 324 g/mol. The van der Waals surface area contributed by atoms with Crippen molar-refractivity contribution in [1.82, 2.24) is 19.7 Å². The van der Waals surface area contributed by atoms with Crippen molar-refractivity contribution in [2.75, 3.05) is 11.9 Å². The van der Waals surface area contributed by atoms with Gasteiger partial charge in [0.05, 0.1) is 6.20 Å². The molecule has 0 saturated heterocycles. The molecule has 102 valence electrons. The summed E-state index contributed by atoms with van der Waals surface area (Å²) in [5.41, 5.74) is 1.16. The van der Waals surface area contributed by atoms with Gasteiger partial charge in [-0.1, -0.05) is 13.8 Å². The molecule has 0 radical (unpaired) electrons. The Morgan fingerprint density at radius 2 is 2.11 bits per heavy atom. The fraction of sp³-hybridized carbons (Fsp3) is 0.462. The topological polar surface area (TPSA) is 46.8 Å². The van der Waals surface area contributed by atoms with Crippen LogP contribution in [0.2, 0.25) is 0 Å². The molecular formula is C13H18BrN5. The molecule has 2 heterocycles. The number of nitrogens with zero attached hydrogens (tertiary/aromatic N) is 5. The average Bonchev–Trinajstić information content (AvgIpc) is 2.73. The van der Waals surface area contributed by atoms with Crippen LogP contribution < -0.4 is 4.90 Å². The third kappa shape index (κ3) is 3.53. The highest BCUT2D eigenvalue weighted by Gasteiger charge is 2.11. The highest BCUT2D eigenvalue weighted by Crippen LogP contribution is 2.20. The molecule has 2 aromatic rings. The lowest BCUT2D eigenvalue weighted by molar-refractivity contribution is 0.756. The minimum Gasteiger partial charge on any atom is -0.355 e. The maximum atomic E-state index is 4.59. The molecule has 5 nitrogen and oxygen atoms in total. The van der Waals surface area contributed by atoms with E-state index in [9.17, 15) is 0 Å². The summed E-state index contributed by atoms with van der Waals surface area (Å²) >= 11 is 3.44. The van der Waals surface area contributed by atoms with Crippen molar-refractivity contribution in [2.24, 2.45) is 7.05 Å². The van der Waals surface area contributed by atoms with E-state index >= 15 is 0 Å². The lowest BCUT2D eigenvalue weighted by Crippen LogP contribution is -2.18. The molecule has 6 heteroatoms. The van der Waals surface area contributed by atoms with Crippen molar-refractivity contribution in [3.8, 4) is 0 Å². The van der Waals surface area contributed by atoms with Crippen molar-refractivity contribution < 1.29 is 0 Å². The number of anilines is 1. The Balaban J connectivity index is 2.20. The van der Waals surface area contributed by atoms with Gasteiger partial charge in [-0.2, -0.15) is 5.10 Å². The lowest BCUT2D eigenvalue weighted by atomic mass is 10.2. The molecule has 0 aliphatic heterocycles. The SMILES string of the molecule is CC(C)c1nc(Br)cc(N(C)Cc2cnn(C)c2)n1. The van der Waals surface area contributed by atoms with E-state index < -0.39 is 0 Å². The van der Waals surface area contributed by atoms with Crippen LogP contribution in [-0.4, -0.2) is 26.8 Å². The molecule has 2 aromatic heterocycles. The van der Waals surface area contributed by atoms with Crippen LogP contribution in [0, 0.1) is 0 Å². The fourth-order valence-corrected chi connectivity index (χ4v) is 2.17. The van der Waals surface area contributed by atoms with Crippen LogP contribution in [0.3, 0.4) is 0 Å². The Hall–Kier alpha value is -1.43. The Labute approximate surface area is 121 Å². The fourth-order valence-electron chi connectivity index (χ4n) is 1.79. The van der Waals surface area contributed by atoms with Crippen LogP contribution in [0.5, 0.6) is 0 Å². The van der Waals surface area contributed by atoms with E-state index in [4.69, 9.17) is 0 Å². The molecule has 0 saturated carbocycles. The van der Waals surface area contributed by atoms with Gasteiger partial charge in [0.15, 0.2) is 0 Å². The monoisotopic (exact) mass is 323 g/mol. The Kier molecular flexibility index (Phi) is 4.19. The predicted octanol–water partition coefficient (Wildman–Crippen LogP) is 2.73. The van der Waals surface area contributed by atoms with Crippen LogP contribution in [0.1, 0.15) is 31.2 Å². The van der Waals surface area contributed by atoms with Crippen molar-refractivity contribution >= 4 is 21.7 Å². The van der Waals surface area contributed by atoms with Crippen molar-refractivity contribution in [3.63, 3.8) is 0 Å². The van der Waals surface area contributed by atoms with E-state index in [1.54, 1.807) is 4.68 Å². The number of hydrogen-bond donors (Lipinski definition) is 0. The van der Waals surface area contributed by atoms with Gasteiger partial charge in [-0.15, -0.1) is 0 Å². The van der Waals surface area contributed by atoms with E-state index in [1.165, 1.54) is 0 Å². The first-order chi connectivity index (χ1) is 8.95. The van der Waals surface area contributed by atoms with Crippen molar-refractivity contribution in [1.29, 1.82) is 0 Å². The van der Waals surface area contributed by atoms with Gasteiger partial charge in [0.2, 0.25) is 0 Å². The van der Waals surface area contributed by atoms with E-state index in [-0.39, 0.29) is 0 Å². The summed E-state index contributed by atoms with van der Waals surface area (Å²) in [6, 6.07) is 1.93. The minimum absolute atomic E-state index is 0.308. The molecule has 0 bridgehead atoms. The second kappa shape index (κ2) is 5.69. The highest BCUT2D eigenvalue weighted by molar-refractivity contribution is 9.10. The van der Waals surface area contributed by atoms with Gasteiger partial charge in [0, 0.05) is 44.4 Å².